The highest BCUT2D eigenvalue weighted by atomic mass is 35.5. The molecule has 1 aromatic rings. The van der Waals surface area contributed by atoms with E-state index in [1.807, 2.05) is 24.3 Å². The third kappa shape index (κ3) is 4.07. The molecule has 0 aliphatic rings. The van der Waals surface area contributed by atoms with Gasteiger partial charge in [-0.05, 0) is 18.2 Å². The fraction of sp³-hybridized carbons (Fsp3) is 0.273. The quantitative estimate of drug-likeness (QED) is 0.433. The maximum absolute atomic E-state index is 5.51. The second-order valence-corrected chi connectivity index (χ2v) is 4.02. The molecule has 0 N–H and O–H groups in total. The number of hydrogen-bond donors (Lipinski definition) is 0. The average molecular weight is 229 g/mol. The van der Waals surface area contributed by atoms with Crippen LogP contribution >= 0.6 is 23.4 Å². The van der Waals surface area contributed by atoms with Crippen LogP contribution in [0.25, 0.3) is 0 Å². The Balaban J connectivity index is 2.46. The summed E-state index contributed by atoms with van der Waals surface area (Å²) in [6.45, 7) is 0. The van der Waals surface area contributed by atoms with Crippen LogP contribution in [-0.4, -0.2) is 18.7 Å². The van der Waals surface area contributed by atoms with E-state index in [0.29, 0.717) is 5.88 Å². The maximum atomic E-state index is 5.51. The van der Waals surface area contributed by atoms with Crippen LogP contribution < -0.4 is 4.74 Å². The van der Waals surface area contributed by atoms with Gasteiger partial charge in [0.1, 0.15) is 5.75 Å². The predicted octanol–water partition coefficient (Wildman–Crippen LogP) is 3.58. The summed E-state index contributed by atoms with van der Waals surface area (Å²) in [6.07, 6.45) is 4.02. The first kappa shape index (κ1) is 11.5. The lowest BCUT2D eigenvalue weighted by Crippen LogP contribution is -1.82. The van der Waals surface area contributed by atoms with Crippen LogP contribution in [0.1, 0.15) is 0 Å². The molecule has 0 saturated heterocycles. The van der Waals surface area contributed by atoms with Gasteiger partial charge in [-0.25, -0.2) is 0 Å². The van der Waals surface area contributed by atoms with Gasteiger partial charge in [-0.3, -0.25) is 0 Å². The van der Waals surface area contributed by atoms with Gasteiger partial charge in [-0.2, -0.15) is 0 Å². The zero-order chi connectivity index (χ0) is 10.2. The van der Waals surface area contributed by atoms with Gasteiger partial charge < -0.3 is 4.74 Å². The molecule has 1 rings (SSSR count). The number of halogens is 1. The second kappa shape index (κ2) is 6.80. The van der Waals surface area contributed by atoms with Crippen LogP contribution in [0.5, 0.6) is 5.75 Å². The second-order valence-electron chi connectivity index (χ2n) is 2.62. The first-order valence-electron chi connectivity index (χ1n) is 4.34. The third-order valence-electron chi connectivity index (χ3n) is 1.64. The Kier molecular flexibility index (Phi) is 5.57. The van der Waals surface area contributed by atoms with Crippen LogP contribution in [0.3, 0.4) is 0 Å². The van der Waals surface area contributed by atoms with E-state index in [-0.39, 0.29) is 0 Å². The number of allylic oxidation sites excluding steroid dienone is 1. The van der Waals surface area contributed by atoms with Gasteiger partial charge in [-0.1, -0.05) is 18.2 Å². The summed E-state index contributed by atoms with van der Waals surface area (Å²) in [5, 5.41) is 0. The van der Waals surface area contributed by atoms with E-state index >= 15 is 0 Å². The highest BCUT2D eigenvalue weighted by molar-refractivity contribution is 7.99. The maximum Gasteiger partial charge on any atom is 0.119 e. The lowest BCUT2D eigenvalue weighted by Gasteiger charge is -2.02. The summed E-state index contributed by atoms with van der Waals surface area (Å²) in [5.41, 5.74) is 0. The van der Waals surface area contributed by atoms with E-state index in [4.69, 9.17) is 16.3 Å². The van der Waals surface area contributed by atoms with Gasteiger partial charge >= 0.3 is 0 Å². The minimum absolute atomic E-state index is 0.582. The van der Waals surface area contributed by atoms with Crippen molar-refractivity contribution in [2.75, 3.05) is 18.7 Å². The van der Waals surface area contributed by atoms with Crippen molar-refractivity contribution in [1.82, 2.24) is 0 Å². The number of ether oxygens (including phenoxy) is 1. The zero-order valence-electron chi connectivity index (χ0n) is 8.07. The van der Waals surface area contributed by atoms with Crippen LogP contribution in [0, 0.1) is 0 Å². The van der Waals surface area contributed by atoms with E-state index in [1.54, 1.807) is 18.9 Å². The Morgan fingerprint density at radius 2 is 2.29 bits per heavy atom. The van der Waals surface area contributed by atoms with Crippen molar-refractivity contribution >= 4 is 23.4 Å². The lowest BCUT2D eigenvalue weighted by molar-refractivity contribution is 0.413. The van der Waals surface area contributed by atoms with Crippen molar-refractivity contribution in [3.8, 4) is 5.75 Å². The van der Waals surface area contributed by atoms with E-state index in [9.17, 15) is 0 Å². The van der Waals surface area contributed by atoms with Crippen LogP contribution in [-0.2, 0) is 0 Å². The van der Waals surface area contributed by atoms with E-state index in [0.717, 1.165) is 11.5 Å². The highest BCUT2D eigenvalue weighted by Gasteiger charge is 1.94. The molecule has 3 heteroatoms. The van der Waals surface area contributed by atoms with Crippen LogP contribution in [0.4, 0.5) is 0 Å². The Labute approximate surface area is 94.1 Å². The van der Waals surface area contributed by atoms with Gasteiger partial charge in [0.05, 0.1) is 7.11 Å². The number of benzene rings is 1. The summed E-state index contributed by atoms with van der Waals surface area (Å²) < 4.78 is 5.13. The van der Waals surface area contributed by atoms with Gasteiger partial charge in [0.25, 0.3) is 0 Å². The summed E-state index contributed by atoms with van der Waals surface area (Å²) >= 11 is 7.28. The van der Waals surface area contributed by atoms with Crippen molar-refractivity contribution in [2.24, 2.45) is 0 Å². The third-order valence-corrected chi connectivity index (χ3v) is 2.77. The monoisotopic (exact) mass is 228 g/mol. The molecule has 0 atom stereocenters. The predicted molar refractivity (Wildman–Crippen MR) is 63.6 cm³/mol. The molecule has 0 aromatic heterocycles. The van der Waals surface area contributed by atoms with Crippen molar-refractivity contribution < 1.29 is 4.74 Å². The summed E-state index contributed by atoms with van der Waals surface area (Å²) in [5.74, 6) is 2.43. The summed E-state index contributed by atoms with van der Waals surface area (Å²) in [6, 6.07) is 8.03. The molecule has 1 nitrogen and oxygen atoms in total. The molecule has 0 aliphatic heterocycles. The molecule has 0 unspecified atom stereocenters. The fourth-order valence-electron chi connectivity index (χ4n) is 0.966. The Morgan fingerprint density at radius 1 is 1.43 bits per heavy atom. The molecule has 0 heterocycles. The van der Waals surface area contributed by atoms with Crippen molar-refractivity contribution in [2.45, 2.75) is 4.90 Å². The molecule has 14 heavy (non-hydrogen) atoms. The molecule has 0 fully saturated rings. The molecular formula is C11H13ClOS. The van der Waals surface area contributed by atoms with E-state index in [1.165, 1.54) is 4.90 Å². The summed E-state index contributed by atoms with van der Waals surface area (Å²) in [7, 11) is 1.68. The topological polar surface area (TPSA) is 9.23 Å². The molecule has 0 aliphatic carbocycles. The number of rotatable bonds is 5. The minimum Gasteiger partial charge on any atom is -0.497 e. The lowest BCUT2D eigenvalue weighted by atomic mass is 10.3. The van der Waals surface area contributed by atoms with Crippen LogP contribution in [0.15, 0.2) is 41.3 Å². The molecule has 76 valence electrons. The van der Waals surface area contributed by atoms with Gasteiger partial charge in [0.2, 0.25) is 0 Å². The summed E-state index contributed by atoms with van der Waals surface area (Å²) in [4.78, 5) is 1.21. The molecule has 1 aromatic carbocycles. The first-order valence-corrected chi connectivity index (χ1v) is 5.86. The Hall–Kier alpha value is -0.600. The molecular weight excluding hydrogens is 216 g/mol. The highest BCUT2D eigenvalue weighted by Crippen LogP contribution is 2.22. The molecule has 0 amide bonds. The Morgan fingerprint density at radius 3 is 3.00 bits per heavy atom. The number of thioether (sulfide) groups is 1. The van der Waals surface area contributed by atoms with Gasteiger partial charge in [-0.15, -0.1) is 23.4 Å². The average Bonchev–Trinajstić information content (AvgIpc) is 2.25. The van der Waals surface area contributed by atoms with Gasteiger partial charge in [0.15, 0.2) is 0 Å². The standard InChI is InChI=1S/C11H13ClOS/c1-13-10-5-4-6-11(9-10)14-8-3-2-7-12/h2-6,9H,7-8H2,1H3. The SMILES string of the molecule is COc1cccc(SCC=CCCl)c1. The van der Waals surface area contributed by atoms with E-state index < -0.39 is 0 Å². The van der Waals surface area contributed by atoms with Crippen molar-refractivity contribution in [3.63, 3.8) is 0 Å². The molecule has 0 saturated carbocycles. The minimum atomic E-state index is 0.582. The van der Waals surface area contributed by atoms with Crippen molar-refractivity contribution in [3.05, 3.63) is 36.4 Å². The first-order chi connectivity index (χ1) is 6.86. The Bertz CT molecular complexity index is 299. The van der Waals surface area contributed by atoms with E-state index in [2.05, 4.69) is 12.1 Å². The molecule has 0 radical (unpaired) electrons. The number of alkyl halides is 1. The zero-order valence-corrected chi connectivity index (χ0v) is 9.65. The molecule has 0 bridgehead atoms. The number of methoxy groups -OCH3 is 1. The largest absolute Gasteiger partial charge is 0.497 e. The van der Waals surface area contributed by atoms with Crippen LogP contribution in [0.2, 0.25) is 0 Å². The number of hydrogen-bond acceptors (Lipinski definition) is 2. The van der Waals surface area contributed by atoms with Gasteiger partial charge in [0, 0.05) is 16.5 Å². The smallest absolute Gasteiger partial charge is 0.119 e. The molecule has 0 spiro atoms. The van der Waals surface area contributed by atoms with Crippen molar-refractivity contribution in [1.29, 1.82) is 0 Å². The normalized spacial score (nSPS) is 10.7. The fourth-order valence-corrected chi connectivity index (χ4v) is 1.89.